The molecule has 1 atom stereocenters. The predicted octanol–water partition coefficient (Wildman–Crippen LogP) is 3.32. The van der Waals surface area contributed by atoms with Gasteiger partial charge in [-0.05, 0) is 42.3 Å². The number of anilines is 1. The Morgan fingerprint density at radius 2 is 1.96 bits per heavy atom. The molecule has 0 unspecified atom stereocenters. The summed E-state index contributed by atoms with van der Waals surface area (Å²) in [6, 6.07) is 8.05. The minimum Gasteiger partial charge on any atom is -0.489 e. The fraction of sp³-hybridized carbons (Fsp3) is 0.333. The van der Waals surface area contributed by atoms with Gasteiger partial charge >= 0.3 is 0 Å². The number of nitrogens with one attached hydrogen (secondary N) is 2. The Morgan fingerprint density at radius 3 is 2.70 bits per heavy atom. The number of fused-ring (bicyclic) bond motifs is 1. The standard InChI is InChI=1S/C18H20F2N2O3S.ClH/c1-21-13-3-5-18-14(11-13)16(6-9-26(18,23)24)22-7-8-25-17-10-12(19)2-4-15(17)20;/h2-5,10-11,16,21-22H,6-9H2,1H3;1H/t16-;/m0./s1. The van der Waals surface area contributed by atoms with Crippen molar-refractivity contribution in [3.63, 3.8) is 0 Å². The first-order valence-corrected chi connectivity index (χ1v) is 9.91. The predicted molar refractivity (Wildman–Crippen MR) is 103 cm³/mol. The monoisotopic (exact) mass is 418 g/mol. The van der Waals surface area contributed by atoms with E-state index in [1.165, 1.54) is 0 Å². The third kappa shape index (κ3) is 4.88. The van der Waals surface area contributed by atoms with Crippen molar-refractivity contribution in [2.45, 2.75) is 17.4 Å². The van der Waals surface area contributed by atoms with Crippen LogP contribution in [0.15, 0.2) is 41.3 Å². The lowest BCUT2D eigenvalue weighted by Crippen LogP contribution is -2.32. The van der Waals surface area contributed by atoms with Gasteiger partial charge in [0.05, 0.1) is 10.6 Å². The lowest BCUT2D eigenvalue weighted by Gasteiger charge is -2.27. The first-order chi connectivity index (χ1) is 12.4. The number of ether oxygens (including phenoxy) is 1. The molecule has 1 aliphatic heterocycles. The largest absolute Gasteiger partial charge is 0.489 e. The second kappa shape index (κ2) is 8.86. The highest BCUT2D eigenvalue weighted by Gasteiger charge is 2.30. The molecule has 9 heteroatoms. The van der Waals surface area contributed by atoms with E-state index in [0.29, 0.717) is 23.4 Å². The van der Waals surface area contributed by atoms with Gasteiger partial charge in [-0.3, -0.25) is 0 Å². The van der Waals surface area contributed by atoms with Crippen LogP contribution in [0.4, 0.5) is 14.5 Å². The summed E-state index contributed by atoms with van der Waals surface area (Å²) in [5.74, 6) is -1.27. The topological polar surface area (TPSA) is 67.4 Å². The fourth-order valence-corrected chi connectivity index (χ4v) is 4.59. The lowest BCUT2D eigenvalue weighted by molar-refractivity contribution is 0.288. The lowest BCUT2D eigenvalue weighted by atomic mass is 10.0. The highest BCUT2D eigenvalue weighted by molar-refractivity contribution is 7.91. The van der Waals surface area contributed by atoms with Gasteiger partial charge in [-0.25, -0.2) is 17.2 Å². The van der Waals surface area contributed by atoms with Crippen LogP contribution in [0, 0.1) is 11.6 Å². The third-order valence-corrected chi connectivity index (χ3v) is 6.14. The molecule has 0 saturated heterocycles. The number of halogens is 3. The second-order valence-electron chi connectivity index (χ2n) is 6.04. The minimum absolute atomic E-state index is 0. The maximum Gasteiger partial charge on any atom is 0.178 e. The van der Waals surface area contributed by atoms with E-state index in [4.69, 9.17) is 4.74 Å². The molecule has 0 spiro atoms. The smallest absolute Gasteiger partial charge is 0.178 e. The van der Waals surface area contributed by atoms with E-state index in [1.54, 1.807) is 19.2 Å². The van der Waals surface area contributed by atoms with Crippen LogP contribution < -0.4 is 15.4 Å². The molecule has 2 aromatic rings. The number of hydrogen-bond donors (Lipinski definition) is 2. The average molecular weight is 419 g/mol. The Kier molecular flexibility index (Phi) is 7.02. The molecule has 0 bridgehead atoms. The zero-order valence-corrected chi connectivity index (χ0v) is 16.3. The molecule has 5 nitrogen and oxygen atoms in total. The van der Waals surface area contributed by atoms with Gasteiger partial charge in [0.15, 0.2) is 21.4 Å². The fourth-order valence-electron chi connectivity index (χ4n) is 2.99. The van der Waals surface area contributed by atoms with Crippen LogP contribution in [0.1, 0.15) is 18.0 Å². The van der Waals surface area contributed by atoms with Crippen molar-refractivity contribution in [3.8, 4) is 5.75 Å². The summed E-state index contributed by atoms with van der Waals surface area (Å²) >= 11 is 0. The Balaban J connectivity index is 0.00000261. The van der Waals surface area contributed by atoms with Crippen LogP contribution in [-0.2, 0) is 9.84 Å². The van der Waals surface area contributed by atoms with Gasteiger partial charge in [0.25, 0.3) is 0 Å². The molecule has 0 aliphatic carbocycles. The molecule has 2 aromatic carbocycles. The SMILES string of the molecule is CNc1ccc2c(c1)[C@@H](NCCOc1cc(F)ccc1F)CCS2(=O)=O.Cl. The molecule has 1 aliphatic rings. The molecule has 148 valence electrons. The van der Waals surface area contributed by atoms with Gasteiger partial charge in [0.1, 0.15) is 12.4 Å². The van der Waals surface area contributed by atoms with E-state index in [1.807, 2.05) is 6.07 Å². The average Bonchev–Trinajstić information content (AvgIpc) is 2.62. The highest BCUT2D eigenvalue weighted by atomic mass is 35.5. The van der Waals surface area contributed by atoms with Crippen LogP contribution in [0.25, 0.3) is 0 Å². The Morgan fingerprint density at radius 1 is 1.19 bits per heavy atom. The Bertz CT molecular complexity index is 909. The molecule has 2 N–H and O–H groups in total. The summed E-state index contributed by atoms with van der Waals surface area (Å²) in [7, 11) is -1.51. The molecular formula is C18H21ClF2N2O3S. The van der Waals surface area contributed by atoms with E-state index in [0.717, 1.165) is 23.9 Å². The van der Waals surface area contributed by atoms with Crippen LogP contribution in [-0.4, -0.2) is 34.4 Å². The van der Waals surface area contributed by atoms with Gasteiger partial charge in [-0.2, -0.15) is 0 Å². The van der Waals surface area contributed by atoms with Crippen molar-refractivity contribution >= 4 is 27.9 Å². The molecule has 0 saturated carbocycles. The van der Waals surface area contributed by atoms with Crippen LogP contribution >= 0.6 is 12.4 Å². The molecular weight excluding hydrogens is 398 g/mol. The van der Waals surface area contributed by atoms with Crippen LogP contribution in [0.2, 0.25) is 0 Å². The zero-order valence-electron chi connectivity index (χ0n) is 14.7. The number of rotatable bonds is 6. The maximum absolute atomic E-state index is 13.5. The maximum atomic E-state index is 13.5. The second-order valence-corrected chi connectivity index (χ2v) is 8.12. The Labute approximate surface area is 163 Å². The molecule has 27 heavy (non-hydrogen) atoms. The highest BCUT2D eigenvalue weighted by Crippen LogP contribution is 2.33. The number of sulfone groups is 1. The number of hydrogen-bond acceptors (Lipinski definition) is 5. The van der Waals surface area contributed by atoms with E-state index in [9.17, 15) is 17.2 Å². The Hall–Kier alpha value is -1.90. The summed E-state index contributed by atoms with van der Waals surface area (Å²) in [6.45, 7) is 0.495. The van der Waals surface area contributed by atoms with Crippen LogP contribution in [0.5, 0.6) is 5.75 Å². The van der Waals surface area contributed by atoms with Gasteiger partial charge < -0.3 is 15.4 Å². The summed E-state index contributed by atoms with van der Waals surface area (Å²) < 4.78 is 56.4. The van der Waals surface area contributed by atoms with Crippen molar-refractivity contribution in [1.29, 1.82) is 0 Å². The number of benzene rings is 2. The van der Waals surface area contributed by atoms with Crippen molar-refractivity contribution in [2.75, 3.05) is 31.3 Å². The van der Waals surface area contributed by atoms with Crippen molar-refractivity contribution in [1.82, 2.24) is 5.32 Å². The summed E-state index contributed by atoms with van der Waals surface area (Å²) in [5, 5.41) is 6.24. The normalized spacial score (nSPS) is 17.5. The quantitative estimate of drug-likeness (QED) is 0.704. The molecule has 3 rings (SSSR count). The van der Waals surface area contributed by atoms with Gasteiger partial charge in [-0.1, -0.05) is 0 Å². The van der Waals surface area contributed by atoms with E-state index in [2.05, 4.69) is 10.6 Å². The van der Waals surface area contributed by atoms with Gasteiger partial charge in [0, 0.05) is 31.4 Å². The molecule has 0 amide bonds. The first kappa shape index (κ1) is 21.4. The van der Waals surface area contributed by atoms with Gasteiger partial charge in [0.2, 0.25) is 0 Å². The van der Waals surface area contributed by atoms with E-state index in [-0.39, 0.29) is 36.6 Å². The van der Waals surface area contributed by atoms with E-state index < -0.39 is 21.5 Å². The van der Waals surface area contributed by atoms with Crippen molar-refractivity contribution in [2.24, 2.45) is 0 Å². The summed E-state index contributed by atoms with van der Waals surface area (Å²) in [5.41, 5.74) is 1.53. The zero-order chi connectivity index (χ0) is 18.7. The summed E-state index contributed by atoms with van der Waals surface area (Å²) in [6.07, 6.45) is 0.441. The van der Waals surface area contributed by atoms with Crippen LogP contribution in [0.3, 0.4) is 0 Å². The molecule has 0 fully saturated rings. The van der Waals surface area contributed by atoms with Crippen molar-refractivity contribution in [3.05, 3.63) is 53.6 Å². The van der Waals surface area contributed by atoms with Gasteiger partial charge in [-0.15, -0.1) is 12.4 Å². The first-order valence-electron chi connectivity index (χ1n) is 8.26. The molecule has 0 radical (unpaired) electrons. The molecule has 1 heterocycles. The third-order valence-electron chi connectivity index (χ3n) is 4.33. The molecule has 0 aromatic heterocycles. The minimum atomic E-state index is -3.27. The summed E-state index contributed by atoms with van der Waals surface area (Å²) in [4.78, 5) is 0.331. The van der Waals surface area contributed by atoms with Crippen molar-refractivity contribution < 1.29 is 21.9 Å². The van der Waals surface area contributed by atoms with E-state index >= 15 is 0 Å².